The highest BCUT2D eigenvalue weighted by molar-refractivity contribution is 5.00. The largest absolute Gasteiger partial charge is 0.394 e. The summed E-state index contributed by atoms with van der Waals surface area (Å²) < 4.78 is 0. The summed E-state index contributed by atoms with van der Waals surface area (Å²) in [6.45, 7) is 12.9. The van der Waals surface area contributed by atoms with E-state index in [9.17, 15) is 5.11 Å². The highest BCUT2D eigenvalue weighted by Crippen LogP contribution is 2.33. The van der Waals surface area contributed by atoms with Crippen LogP contribution in [0.25, 0.3) is 0 Å². The molecule has 4 heteroatoms. The average molecular weight is 297 g/mol. The van der Waals surface area contributed by atoms with E-state index in [4.69, 9.17) is 0 Å². The van der Waals surface area contributed by atoms with Crippen LogP contribution in [0.4, 0.5) is 0 Å². The van der Waals surface area contributed by atoms with Crippen molar-refractivity contribution in [1.82, 2.24) is 15.1 Å². The third-order valence-electron chi connectivity index (χ3n) is 5.71. The summed E-state index contributed by atoms with van der Waals surface area (Å²) in [6.07, 6.45) is 5.87. The summed E-state index contributed by atoms with van der Waals surface area (Å²) in [5.41, 5.74) is -0.00544. The third kappa shape index (κ3) is 4.19. The van der Waals surface area contributed by atoms with E-state index >= 15 is 0 Å². The zero-order chi connectivity index (χ0) is 15.3. The molecule has 21 heavy (non-hydrogen) atoms. The molecule has 1 aliphatic heterocycles. The summed E-state index contributed by atoms with van der Waals surface area (Å²) in [7, 11) is 0. The second kappa shape index (κ2) is 7.91. The Morgan fingerprint density at radius 1 is 1.24 bits per heavy atom. The van der Waals surface area contributed by atoms with Crippen molar-refractivity contribution in [1.29, 1.82) is 0 Å². The Morgan fingerprint density at radius 2 is 1.95 bits per heavy atom. The lowest BCUT2D eigenvalue weighted by Crippen LogP contribution is -2.53. The molecule has 0 spiro atoms. The molecule has 0 aromatic heterocycles. The Balaban J connectivity index is 1.82. The molecule has 0 bridgehead atoms. The van der Waals surface area contributed by atoms with Gasteiger partial charge < -0.3 is 10.4 Å². The number of aliphatic hydroxyl groups excluding tert-OH is 1. The molecule has 0 aromatic carbocycles. The van der Waals surface area contributed by atoms with Gasteiger partial charge in [-0.3, -0.25) is 9.80 Å². The first kappa shape index (κ1) is 17.2. The highest BCUT2D eigenvalue weighted by Gasteiger charge is 2.41. The second-order valence-electron chi connectivity index (χ2n) is 7.09. The lowest BCUT2D eigenvalue weighted by molar-refractivity contribution is 0.0680. The number of hydrogen-bond acceptors (Lipinski definition) is 4. The number of nitrogens with one attached hydrogen (secondary N) is 1. The van der Waals surface area contributed by atoms with Crippen molar-refractivity contribution in [3.63, 3.8) is 0 Å². The summed E-state index contributed by atoms with van der Waals surface area (Å²) in [5.74, 6) is 0. The van der Waals surface area contributed by atoms with Crippen LogP contribution in [0, 0.1) is 0 Å². The Kier molecular flexibility index (Phi) is 6.48. The van der Waals surface area contributed by atoms with Crippen LogP contribution in [0.2, 0.25) is 0 Å². The van der Waals surface area contributed by atoms with Crippen molar-refractivity contribution in [3.8, 4) is 0 Å². The Morgan fingerprint density at radius 3 is 2.52 bits per heavy atom. The van der Waals surface area contributed by atoms with Gasteiger partial charge in [-0.1, -0.05) is 13.8 Å². The fourth-order valence-corrected chi connectivity index (χ4v) is 3.96. The first-order valence-corrected chi connectivity index (χ1v) is 8.98. The molecular weight excluding hydrogens is 262 g/mol. The van der Waals surface area contributed by atoms with Crippen molar-refractivity contribution >= 4 is 0 Å². The van der Waals surface area contributed by atoms with E-state index in [1.807, 2.05) is 0 Å². The lowest BCUT2D eigenvalue weighted by atomic mass is 9.98. The van der Waals surface area contributed by atoms with Gasteiger partial charge in [-0.15, -0.1) is 0 Å². The first-order chi connectivity index (χ1) is 10.1. The number of aliphatic hydroxyl groups is 1. The quantitative estimate of drug-likeness (QED) is 0.750. The monoisotopic (exact) mass is 297 g/mol. The number of nitrogens with zero attached hydrogens (tertiary/aromatic N) is 2. The maximum absolute atomic E-state index is 9.82. The van der Waals surface area contributed by atoms with Gasteiger partial charge in [0.15, 0.2) is 0 Å². The normalized spacial score (nSPS) is 33.4. The van der Waals surface area contributed by atoms with Gasteiger partial charge >= 0.3 is 0 Å². The van der Waals surface area contributed by atoms with E-state index in [-0.39, 0.29) is 12.1 Å². The molecule has 1 aliphatic carbocycles. The summed E-state index contributed by atoms with van der Waals surface area (Å²) in [6, 6.07) is 1.39. The van der Waals surface area contributed by atoms with Crippen LogP contribution >= 0.6 is 0 Å². The van der Waals surface area contributed by atoms with Crippen LogP contribution in [0.5, 0.6) is 0 Å². The average Bonchev–Trinajstić information content (AvgIpc) is 2.97. The minimum Gasteiger partial charge on any atom is -0.394 e. The summed E-state index contributed by atoms with van der Waals surface area (Å²) in [5, 5.41) is 13.4. The molecule has 2 aliphatic rings. The van der Waals surface area contributed by atoms with Gasteiger partial charge in [0.2, 0.25) is 0 Å². The number of rotatable bonds is 7. The second-order valence-corrected chi connectivity index (χ2v) is 7.09. The molecular formula is C17H35N3O. The van der Waals surface area contributed by atoms with Gasteiger partial charge in [-0.25, -0.2) is 0 Å². The predicted octanol–water partition coefficient (Wildman–Crippen LogP) is 1.69. The topological polar surface area (TPSA) is 38.7 Å². The molecule has 0 amide bonds. The molecule has 124 valence electrons. The van der Waals surface area contributed by atoms with E-state index in [1.165, 1.54) is 39.0 Å². The maximum atomic E-state index is 9.82. The van der Waals surface area contributed by atoms with Crippen LogP contribution in [0.1, 0.15) is 52.9 Å². The van der Waals surface area contributed by atoms with E-state index in [0.717, 1.165) is 31.8 Å². The van der Waals surface area contributed by atoms with Gasteiger partial charge in [0, 0.05) is 43.8 Å². The fraction of sp³-hybridized carbons (Fsp3) is 1.00. The molecule has 1 saturated heterocycles. The van der Waals surface area contributed by atoms with Crippen molar-refractivity contribution in [2.24, 2.45) is 0 Å². The van der Waals surface area contributed by atoms with Gasteiger partial charge in [0.05, 0.1) is 6.61 Å². The zero-order valence-electron chi connectivity index (χ0n) is 14.3. The van der Waals surface area contributed by atoms with E-state index in [0.29, 0.717) is 6.04 Å². The van der Waals surface area contributed by atoms with Crippen molar-refractivity contribution in [3.05, 3.63) is 0 Å². The summed E-state index contributed by atoms with van der Waals surface area (Å²) in [4.78, 5) is 5.30. The van der Waals surface area contributed by atoms with Gasteiger partial charge in [0.25, 0.3) is 0 Å². The van der Waals surface area contributed by atoms with Crippen LogP contribution in [0.15, 0.2) is 0 Å². The zero-order valence-corrected chi connectivity index (χ0v) is 14.3. The SMILES string of the molecule is CCCNC1(CO)CCC(N2CCN(C(C)CC)CC2)C1. The Hall–Kier alpha value is -0.160. The molecule has 1 heterocycles. The Labute approximate surface area is 130 Å². The summed E-state index contributed by atoms with van der Waals surface area (Å²) >= 11 is 0. The fourth-order valence-electron chi connectivity index (χ4n) is 3.96. The molecule has 2 N–H and O–H groups in total. The highest BCUT2D eigenvalue weighted by atomic mass is 16.3. The van der Waals surface area contributed by atoms with E-state index in [2.05, 4.69) is 35.9 Å². The van der Waals surface area contributed by atoms with E-state index in [1.54, 1.807) is 0 Å². The van der Waals surface area contributed by atoms with Crippen LogP contribution in [0.3, 0.4) is 0 Å². The van der Waals surface area contributed by atoms with Gasteiger partial charge in [-0.05, 0) is 45.6 Å². The van der Waals surface area contributed by atoms with E-state index < -0.39 is 0 Å². The molecule has 3 unspecified atom stereocenters. The lowest BCUT2D eigenvalue weighted by Gasteiger charge is -2.41. The molecule has 3 atom stereocenters. The number of piperazine rings is 1. The van der Waals surface area contributed by atoms with Gasteiger partial charge in [-0.2, -0.15) is 0 Å². The van der Waals surface area contributed by atoms with Crippen LogP contribution in [-0.4, -0.2) is 71.9 Å². The molecule has 0 aromatic rings. The maximum Gasteiger partial charge on any atom is 0.0613 e. The number of hydrogen-bond donors (Lipinski definition) is 2. The smallest absolute Gasteiger partial charge is 0.0613 e. The van der Waals surface area contributed by atoms with Crippen molar-refractivity contribution in [2.45, 2.75) is 70.5 Å². The standard InChI is InChI=1S/C17H35N3O/c1-4-8-18-17(14-21)7-6-16(13-17)20-11-9-19(10-12-20)15(3)5-2/h15-16,18,21H,4-14H2,1-3H3. The van der Waals surface area contributed by atoms with Crippen molar-refractivity contribution < 1.29 is 5.11 Å². The minimum atomic E-state index is -0.00544. The molecule has 4 nitrogen and oxygen atoms in total. The van der Waals surface area contributed by atoms with Crippen LogP contribution in [-0.2, 0) is 0 Å². The third-order valence-corrected chi connectivity index (χ3v) is 5.71. The molecule has 2 fully saturated rings. The van der Waals surface area contributed by atoms with Crippen molar-refractivity contribution in [2.75, 3.05) is 39.3 Å². The molecule has 1 saturated carbocycles. The van der Waals surface area contributed by atoms with Gasteiger partial charge in [0.1, 0.15) is 0 Å². The van der Waals surface area contributed by atoms with Crippen LogP contribution < -0.4 is 5.32 Å². The predicted molar refractivity (Wildman–Crippen MR) is 88.6 cm³/mol. The Bertz CT molecular complexity index is 304. The molecule has 2 rings (SSSR count). The minimum absolute atomic E-state index is 0.00544. The first-order valence-electron chi connectivity index (χ1n) is 8.98. The molecule has 0 radical (unpaired) electrons.